The van der Waals surface area contributed by atoms with Crippen LogP contribution in [-0.2, 0) is 6.42 Å². The summed E-state index contributed by atoms with van der Waals surface area (Å²) in [5.74, 6) is 1.24. The average molecular weight is 512 g/mol. The minimum Gasteiger partial charge on any atom is -0.504 e. The van der Waals surface area contributed by atoms with Crippen LogP contribution in [0.25, 0.3) is 0 Å². The van der Waals surface area contributed by atoms with E-state index < -0.39 is 0 Å². The number of amides is 1. The molecule has 3 aromatic carbocycles. The largest absolute Gasteiger partial charge is 0.504 e. The Morgan fingerprint density at radius 3 is 2.37 bits per heavy atom. The SMILES string of the molecule is CCN(CC)C(=O)c1ccc2c(c1)Oc1c(O)cccc1N2C1CC2CCC(C1)N2CCc1ccccc1. The lowest BCUT2D eigenvalue weighted by Gasteiger charge is -2.46. The molecular weight excluding hydrogens is 474 g/mol. The van der Waals surface area contributed by atoms with Crippen LogP contribution in [0.1, 0.15) is 55.5 Å². The predicted molar refractivity (Wildman–Crippen MR) is 151 cm³/mol. The third-order valence-corrected chi connectivity index (χ3v) is 8.69. The van der Waals surface area contributed by atoms with Crippen molar-refractivity contribution in [2.24, 2.45) is 0 Å². The molecule has 2 atom stereocenters. The molecule has 3 aliphatic heterocycles. The number of rotatable bonds is 7. The highest BCUT2D eigenvalue weighted by molar-refractivity contribution is 5.96. The summed E-state index contributed by atoms with van der Waals surface area (Å²) < 4.78 is 6.27. The Balaban J connectivity index is 1.29. The quantitative estimate of drug-likeness (QED) is 0.400. The maximum absolute atomic E-state index is 13.1. The predicted octanol–water partition coefficient (Wildman–Crippen LogP) is 6.36. The van der Waals surface area contributed by atoms with Gasteiger partial charge in [-0.2, -0.15) is 0 Å². The molecule has 2 fully saturated rings. The Kier molecular flexibility index (Phi) is 6.75. The molecule has 3 aliphatic rings. The van der Waals surface area contributed by atoms with Crippen LogP contribution in [0, 0.1) is 0 Å². The first-order valence-electron chi connectivity index (χ1n) is 14.1. The van der Waals surface area contributed by atoms with Crippen LogP contribution < -0.4 is 9.64 Å². The summed E-state index contributed by atoms with van der Waals surface area (Å²) in [5, 5.41) is 10.7. The zero-order valence-electron chi connectivity index (χ0n) is 22.3. The Morgan fingerprint density at radius 2 is 1.66 bits per heavy atom. The summed E-state index contributed by atoms with van der Waals surface area (Å²) in [7, 11) is 0. The van der Waals surface area contributed by atoms with Gasteiger partial charge in [-0.1, -0.05) is 36.4 Å². The van der Waals surface area contributed by atoms with Crippen LogP contribution in [0.5, 0.6) is 17.2 Å². The molecule has 0 radical (unpaired) electrons. The van der Waals surface area contributed by atoms with Crippen molar-refractivity contribution in [3.05, 3.63) is 77.9 Å². The van der Waals surface area contributed by atoms with Gasteiger partial charge in [0, 0.05) is 43.3 Å². The fourth-order valence-corrected chi connectivity index (χ4v) is 6.79. The Bertz CT molecular complexity index is 1290. The first kappa shape index (κ1) is 24.8. The van der Waals surface area contributed by atoms with E-state index in [1.165, 1.54) is 18.4 Å². The number of phenols is 1. The molecule has 1 N–H and O–H groups in total. The van der Waals surface area contributed by atoms with Crippen molar-refractivity contribution in [3.63, 3.8) is 0 Å². The summed E-state index contributed by atoms with van der Waals surface area (Å²) in [4.78, 5) is 20.0. The number of para-hydroxylation sites is 1. The molecule has 3 heterocycles. The van der Waals surface area contributed by atoms with Crippen molar-refractivity contribution >= 4 is 17.3 Å². The van der Waals surface area contributed by atoms with Gasteiger partial charge in [-0.25, -0.2) is 0 Å². The van der Waals surface area contributed by atoms with Gasteiger partial charge in [0.2, 0.25) is 0 Å². The van der Waals surface area contributed by atoms with E-state index in [0.29, 0.717) is 48.3 Å². The summed E-state index contributed by atoms with van der Waals surface area (Å²) in [6, 6.07) is 23.6. The Hall–Kier alpha value is -3.51. The summed E-state index contributed by atoms with van der Waals surface area (Å²) in [6.07, 6.45) is 5.69. The Morgan fingerprint density at radius 1 is 0.921 bits per heavy atom. The molecule has 0 aromatic heterocycles. The summed E-state index contributed by atoms with van der Waals surface area (Å²) >= 11 is 0. The zero-order chi connectivity index (χ0) is 26.2. The highest BCUT2D eigenvalue weighted by Gasteiger charge is 2.44. The Labute approximate surface area is 225 Å². The lowest BCUT2D eigenvalue weighted by atomic mass is 9.93. The highest BCUT2D eigenvalue weighted by Crippen LogP contribution is 2.53. The number of phenolic OH excluding ortho intramolecular Hbond substituents is 1. The number of hydrogen-bond donors (Lipinski definition) is 1. The third-order valence-electron chi connectivity index (χ3n) is 8.69. The van der Waals surface area contributed by atoms with E-state index in [-0.39, 0.29) is 11.7 Å². The number of anilines is 2. The van der Waals surface area contributed by atoms with Crippen molar-refractivity contribution in [1.29, 1.82) is 0 Å². The molecule has 38 heavy (non-hydrogen) atoms. The van der Waals surface area contributed by atoms with E-state index in [4.69, 9.17) is 4.74 Å². The number of nitrogens with zero attached hydrogens (tertiary/aromatic N) is 3. The second kappa shape index (κ2) is 10.3. The molecule has 6 rings (SSSR count). The van der Waals surface area contributed by atoms with E-state index in [0.717, 1.165) is 37.2 Å². The van der Waals surface area contributed by atoms with Crippen molar-refractivity contribution in [3.8, 4) is 17.2 Å². The van der Waals surface area contributed by atoms with Crippen LogP contribution >= 0.6 is 0 Å². The highest BCUT2D eigenvalue weighted by atomic mass is 16.5. The first-order chi connectivity index (χ1) is 18.6. The van der Waals surface area contributed by atoms with Gasteiger partial charge in [0.25, 0.3) is 5.91 Å². The normalized spacial score (nSPS) is 21.9. The monoisotopic (exact) mass is 511 g/mol. The fraction of sp³-hybridized carbons (Fsp3) is 0.406. The van der Waals surface area contributed by atoms with Gasteiger partial charge in [0.05, 0.1) is 11.4 Å². The van der Waals surface area contributed by atoms with Crippen LogP contribution in [-0.4, -0.2) is 58.6 Å². The molecule has 0 aliphatic carbocycles. The van der Waals surface area contributed by atoms with Gasteiger partial charge < -0.3 is 19.6 Å². The van der Waals surface area contributed by atoms with Gasteiger partial charge in [-0.15, -0.1) is 0 Å². The third kappa shape index (κ3) is 4.41. The summed E-state index contributed by atoms with van der Waals surface area (Å²) in [6.45, 7) is 6.41. The van der Waals surface area contributed by atoms with Gasteiger partial charge >= 0.3 is 0 Å². The first-order valence-corrected chi connectivity index (χ1v) is 14.1. The van der Waals surface area contributed by atoms with E-state index in [9.17, 15) is 9.90 Å². The maximum Gasteiger partial charge on any atom is 0.253 e. The van der Waals surface area contributed by atoms with Crippen LogP contribution in [0.2, 0.25) is 0 Å². The van der Waals surface area contributed by atoms with Gasteiger partial charge in [-0.05, 0) is 81.8 Å². The molecule has 2 saturated heterocycles. The van der Waals surface area contributed by atoms with E-state index in [1.807, 2.05) is 49.1 Å². The smallest absolute Gasteiger partial charge is 0.253 e. The van der Waals surface area contributed by atoms with E-state index in [2.05, 4.69) is 40.1 Å². The second-order valence-electron chi connectivity index (χ2n) is 10.7. The number of benzene rings is 3. The van der Waals surface area contributed by atoms with E-state index in [1.54, 1.807) is 6.07 Å². The number of hydrogen-bond acceptors (Lipinski definition) is 5. The molecule has 0 spiro atoms. The number of piperidine rings is 1. The number of fused-ring (bicyclic) bond motifs is 4. The molecule has 2 unspecified atom stereocenters. The molecule has 2 bridgehead atoms. The van der Waals surface area contributed by atoms with Crippen molar-refractivity contribution in [2.75, 3.05) is 24.5 Å². The standard InChI is InChI=1S/C32H37N3O3/c1-3-33(4-2)32(37)23-13-16-27-30(19-23)38-31-28(11-8-12-29(31)36)35(27)26-20-24-14-15-25(21-26)34(24)18-17-22-9-6-5-7-10-22/h5-13,16,19,24-26,36H,3-4,14-15,17-18,20-21H2,1-2H3. The minimum atomic E-state index is 0.000740. The number of aromatic hydroxyl groups is 1. The molecule has 0 saturated carbocycles. The molecular formula is C32H37N3O3. The second-order valence-corrected chi connectivity index (χ2v) is 10.7. The number of carbonyl (C=O) groups excluding carboxylic acids is 1. The fourth-order valence-electron chi connectivity index (χ4n) is 6.79. The molecule has 3 aromatic rings. The molecule has 1 amide bonds. The molecule has 6 nitrogen and oxygen atoms in total. The van der Waals surface area contributed by atoms with Gasteiger partial charge in [-0.3, -0.25) is 9.69 Å². The van der Waals surface area contributed by atoms with E-state index >= 15 is 0 Å². The summed E-state index contributed by atoms with van der Waals surface area (Å²) in [5.41, 5.74) is 3.89. The lowest BCUT2D eigenvalue weighted by molar-refractivity contribution is 0.0772. The van der Waals surface area contributed by atoms with Crippen LogP contribution in [0.4, 0.5) is 11.4 Å². The van der Waals surface area contributed by atoms with Crippen molar-refractivity contribution in [1.82, 2.24) is 9.80 Å². The van der Waals surface area contributed by atoms with Crippen LogP contribution in [0.3, 0.4) is 0 Å². The van der Waals surface area contributed by atoms with Gasteiger partial charge in [0.1, 0.15) is 0 Å². The maximum atomic E-state index is 13.1. The topological polar surface area (TPSA) is 56.3 Å². The van der Waals surface area contributed by atoms with Crippen molar-refractivity contribution in [2.45, 2.75) is 64.1 Å². The number of ether oxygens (including phenoxy) is 1. The van der Waals surface area contributed by atoms with Gasteiger partial charge in [0.15, 0.2) is 17.2 Å². The minimum absolute atomic E-state index is 0.000740. The number of carbonyl (C=O) groups is 1. The average Bonchev–Trinajstić information content (AvgIpc) is 3.18. The van der Waals surface area contributed by atoms with Crippen molar-refractivity contribution < 1.29 is 14.6 Å². The zero-order valence-corrected chi connectivity index (χ0v) is 22.3. The van der Waals surface area contributed by atoms with Crippen LogP contribution in [0.15, 0.2) is 66.7 Å². The molecule has 198 valence electrons. The molecule has 6 heteroatoms. The lowest BCUT2D eigenvalue weighted by Crippen LogP contribution is -2.50.